The molecule has 2 heterocycles. The molecule has 0 aliphatic heterocycles. The molecule has 3 rings (SSSR count). The van der Waals surface area contributed by atoms with Gasteiger partial charge in [0.05, 0.1) is 11.4 Å². The quantitative estimate of drug-likeness (QED) is 0.513. The Bertz CT molecular complexity index is 744. The summed E-state index contributed by atoms with van der Waals surface area (Å²) in [5.41, 5.74) is 2.65. The molecule has 2 aromatic heterocycles. The summed E-state index contributed by atoms with van der Waals surface area (Å²) >= 11 is 3.36. The zero-order chi connectivity index (χ0) is 14.7. The fourth-order valence-corrected chi connectivity index (χ4v) is 3.56. The molecule has 0 radical (unpaired) electrons. The van der Waals surface area contributed by atoms with Crippen LogP contribution in [0.3, 0.4) is 0 Å². The van der Waals surface area contributed by atoms with Crippen molar-refractivity contribution in [3.8, 4) is 16.4 Å². The summed E-state index contributed by atoms with van der Waals surface area (Å²) in [4.78, 5) is 16.9. The predicted octanol–water partition coefficient (Wildman–Crippen LogP) is 4.53. The first-order valence-electron chi connectivity index (χ1n) is 6.63. The van der Waals surface area contributed by atoms with Crippen molar-refractivity contribution < 1.29 is 4.79 Å². The third-order valence-corrected chi connectivity index (χ3v) is 4.79. The number of rotatable bonds is 5. The Morgan fingerprint density at radius 1 is 1.29 bits per heavy atom. The van der Waals surface area contributed by atoms with E-state index in [1.807, 2.05) is 34.0 Å². The monoisotopic (exact) mass is 314 g/mol. The van der Waals surface area contributed by atoms with Crippen LogP contribution in [0.5, 0.6) is 0 Å². The number of carbonyl (C=O) groups is 1. The maximum absolute atomic E-state index is 11.0. The molecule has 21 heavy (non-hydrogen) atoms. The summed E-state index contributed by atoms with van der Waals surface area (Å²) in [6.45, 7) is 2.15. The van der Waals surface area contributed by atoms with Gasteiger partial charge in [0.25, 0.3) is 0 Å². The van der Waals surface area contributed by atoms with Crippen LogP contribution in [-0.2, 0) is 0 Å². The molecule has 0 bridgehead atoms. The van der Waals surface area contributed by atoms with Gasteiger partial charge in [0, 0.05) is 22.0 Å². The Hall–Kier alpha value is -1.85. The molecule has 0 aliphatic rings. The van der Waals surface area contributed by atoms with Crippen molar-refractivity contribution in [2.45, 2.75) is 11.8 Å². The van der Waals surface area contributed by atoms with Gasteiger partial charge < -0.3 is 0 Å². The average Bonchev–Trinajstić information content (AvgIpc) is 3.17. The van der Waals surface area contributed by atoms with Crippen LogP contribution in [0.2, 0.25) is 0 Å². The molecule has 0 amide bonds. The van der Waals surface area contributed by atoms with Gasteiger partial charge in [-0.25, -0.2) is 4.98 Å². The second kappa shape index (κ2) is 6.28. The van der Waals surface area contributed by atoms with Crippen molar-refractivity contribution in [2.75, 3.05) is 5.75 Å². The van der Waals surface area contributed by atoms with Gasteiger partial charge in [-0.1, -0.05) is 19.1 Å². The summed E-state index contributed by atoms with van der Waals surface area (Å²) in [7, 11) is 0. The van der Waals surface area contributed by atoms with Crippen LogP contribution in [0.1, 0.15) is 17.4 Å². The van der Waals surface area contributed by atoms with E-state index in [1.165, 1.54) is 16.2 Å². The van der Waals surface area contributed by atoms with Gasteiger partial charge in [0.1, 0.15) is 0 Å². The van der Waals surface area contributed by atoms with Crippen LogP contribution in [0.4, 0.5) is 0 Å². The summed E-state index contributed by atoms with van der Waals surface area (Å²) in [6.07, 6.45) is 2.70. The lowest BCUT2D eigenvalue weighted by Gasteiger charge is -2.01. The van der Waals surface area contributed by atoms with E-state index >= 15 is 0 Å². The first-order chi connectivity index (χ1) is 10.3. The second-order valence-electron chi connectivity index (χ2n) is 4.39. The Kier molecular flexibility index (Phi) is 4.22. The minimum Gasteiger partial charge on any atom is -0.296 e. The lowest BCUT2D eigenvalue weighted by molar-refractivity contribution is 0.111. The molecule has 106 valence electrons. The van der Waals surface area contributed by atoms with E-state index in [0.29, 0.717) is 5.69 Å². The molecule has 5 heteroatoms. The van der Waals surface area contributed by atoms with Gasteiger partial charge in [-0.05, 0) is 30.0 Å². The number of thiazole rings is 1. The maximum atomic E-state index is 11.0. The van der Waals surface area contributed by atoms with Crippen LogP contribution in [-0.4, -0.2) is 21.6 Å². The van der Waals surface area contributed by atoms with Crippen molar-refractivity contribution in [2.24, 2.45) is 0 Å². The van der Waals surface area contributed by atoms with E-state index in [0.717, 1.165) is 28.4 Å². The molecule has 0 saturated heterocycles. The van der Waals surface area contributed by atoms with Crippen molar-refractivity contribution in [1.29, 1.82) is 0 Å². The number of thioether (sulfide) groups is 1. The molecule has 3 nitrogen and oxygen atoms in total. The summed E-state index contributed by atoms with van der Waals surface area (Å²) in [5.74, 6) is 1.07. The number of carbonyl (C=O) groups excluding carboxylic acids is 1. The normalized spacial score (nSPS) is 10.7. The highest BCUT2D eigenvalue weighted by Crippen LogP contribution is 2.27. The molecule has 1 aromatic carbocycles. The zero-order valence-corrected chi connectivity index (χ0v) is 13.2. The summed E-state index contributed by atoms with van der Waals surface area (Å²) in [5, 5.41) is 2.83. The average molecular weight is 314 g/mol. The van der Waals surface area contributed by atoms with Crippen molar-refractivity contribution >= 4 is 29.4 Å². The molecule has 0 atom stereocenters. The fraction of sp³-hybridized carbons (Fsp3) is 0.125. The Morgan fingerprint density at radius 3 is 2.81 bits per heavy atom. The van der Waals surface area contributed by atoms with Gasteiger partial charge >= 0.3 is 0 Å². The Balaban J connectivity index is 1.89. The van der Waals surface area contributed by atoms with Gasteiger partial charge in [-0.15, -0.1) is 23.1 Å². The minimum absolute atomic E-state index is 0.616. The van der Waals surface area contributed by atoms with Crippen LogP contribution < -0.4 is 0 Å². The third kappa shape index (κ3) is 2.94. The van der Waals surface area contributed by atoms with E-state index in [2.05, 4.69) is 36.2 Å². The lowest BCUT2D eigenvalue weighted by atomic mass is 10.2. The Labute approximate surface area is 131 Å². The highest BCUT2D eigenvalue weighted by atomic mass is 32.2. The molecule has 0 spiro atoms. The van der Waals surface area contributed by atoms with E-state index in [9.17, 15) is 4.79 Å². The predicted molar refractivity (Wildman–Crippen MR) is 88.7 cm³/mol. The van der Waals surface area contributed by atoms with Gasteiger partial charge in [-0.3, -0.25) is 9.36 Å². The van der Waals surface area contributed by atoms with Gasteiger partial charge in [-0.2, -0.15) is 0 Å². The molecule has 0 fully saturated rings. The van der Waals surface area contributed by atoms with Crippen molar-refractivity contribution in [3.05, 3.63) is 53.7 Å². The van der Waals surface area contributed by atoms with Crippen molar-refractivity contribution in [1.82, 2.24) is 9.55 Å². The van der Waals surface area contributed by atoms with E-state index < -0.39 is 0 Å². The molecule has 0 unspecified atom stereocenters. The smallest absolute Gasteiger partial charge is 0.194 e. The summed E-state index contributed by atoms with van der Waals surface area (Å²) in [6, 6.07) is 12.1. The third-order valence-electron chi connectivity index (χ3n) is 3.06. The zero-order valence-electron chi connectivity index (χ0n) is 11.5. The highest BCUT2D eigenvalue weighted by molar-refractivity contribution is 7.99. The Morgan fingerprint density at radius 2 is 2.10 bits per heavy atom. The fourth-order valence-electron chi connectivity index (χ4n) is 2.06. The van der Waals surface area contributed by atoms with Crippen LogP contribution in [0, 0.1) is 0 Å². The van der Waals surface area contributed by atoms with Crippen LogP contribution in [0.25, 0.3) is 16.4 Å². The van der Waals surface area contributed by atoms with Gasteiger partial charge in [0.2, 0.25) is 0 Å². The molecular formula is C16H14N2OS2. The first-order valence-corrected chi connectivity index (χ1v) is 8.50. The van der Waals surface area contributed by atoms with E-state index in [1.54, 1.807) is 6.07 Å². The molecule has 0 saturated carbocycles. The minimum atomic E-state index is 0.616. The number of nitrogens with zero attached hydrogens (tertiary/aromatic N) is 2. The number of benzene rings is 1. The van der Waals surface area contributed by atoms with Crippen LogP contribution >= 0.6 is 23.1 Å². The molecule has 3 aromatic rings. The number of hydrogen-bond donors (Lipinski definition) is 0. The molecular weight excluding hydrogens is 300 g/mol. The maximum Gasteiger partial charge on any atom is 0.194 e. The molecule has 0 N–H and O–H groups in total. The first kappa shape index (κ1) is 14.1. The van der Waals surface area contributed by atoms with Crippen molar-refractivity contribution in [3.63, 3.8) is 0 Å². The SMILES string of the molecule is CCSc1ccc(-c2csc(-n3cccc3C=O)n2)cc1. The topological polar surface area (TPSA) is 34.9 Å². The number of hydrogen-bond acceptors (Lipinski definition) is 4. The van der Waals surface area contributed by atoms with E-state index in [-0.39, 0.29) is 0 Å². The lowest BCUT2D eigenvalue weighted by Crippen LogP contribution is -1.96. The largest absolute Gasteiger partial charge is 0.296 e. The second-order valence-corrected chi connectivity index (χ2v) is 6.57. The number of aldehydes is 1. The standard InChI is InChI=1S/C16H14N2OS2/c1-2-20-14-7-5-12(6-8-14)15-11-21-16(17-15)18-9-3-4-13(18)10-19/h3-11H,2H2,1H3. The van der Waals surface area contributed by atoms with Crippen LogP contribution in [0.15, 0.2) is 52.9 Å². The molecule has 0 aliphatic carbocycles. The van der Waals surface area contributed by atoms with Gasteiger partial charge in [0.15, 0.2) is 11.4 Å². The number of aromatic nitrogens is 2. The van der Waals surface area contributed by atoms with E-state index in [4.69, 9.17) is 0 Å². The summed E-state index contributed by atoms with van der Waals surface area (Å²) < 4.78 is 1.81. The highest BCUT2D eigenvalue weighted by Gasteiger charge is 2.08.